The molecule has 0 spiro atoms. The maximum absolute atomic E-state index is 13.2. The molecule has 0 aliphatic carbocycles. The van der Waals surface area contributed by atoms with Gasteiger partial charge in [0.05, 0.1) is 33.2 Å². The second-order valence-electron chi connectivity index (χ2n) is 8.97. The molecule has 7 nitrogen and oxygen atoms in total. The first-order chi connectivity index (χ1) is 15.7. The zero-order chi connectivity index (χ0) is 23.2. The van der Waals surface area contributed by atoms with E-state index < -0.39 is 12.9 Å². The van der Waals surface area contributed by atoms with E-state index in [1.54, 1.807) is 30.9 Å². The van der Waals surface area contributed by atoms with Gasteiger partial charge in [0.2, 0.25) is 0 Å². The number of pyridine rings is 1. The van der Waals surface area contributed by atoms with Gasteiger partial charge in [-0.25, -0.2) is 4.98 Å². The van der Waals surface area contributed by atoms with Crippen LogP contribution in [0.2, 0.25) is 0 Å². The number of fused-ring (bicyclic) bond motifs is 2. The van der Waals surface area contributed by atoms with Crippen LogP contribution in [0.3, 0.4) is 0 Å². The van der Waals surface area contributed by atoms with Crippen LogP contribution in [0.25, 0.3) is 21.1 Å². The fourth-order valence-electron chi connectivity index (χ4n) is 3.93. The van der Waals surface area contributed by atoms with Crippen molar-refractivity contribution in [1.82, 2.24) is 9.97 Å². The molecule has 0 amide bonds. The van der Waals surface area contributed by atoms with Gasteiger partial charge in [0.25, 0.3) is 0 Å². The van der Waals surface area contributed by atoms with Crippen molar-refractivity contribution < 1.29 is 18.8 Å². The van der Waals surface area contributed by atoms with Gasteiger partial charge in [-0.15, -0.1) is 11.3 Å². The number of hydrogen-bond acceptors (Lipinski definition) is 8. The van der Waals surface area contributed by atoms with Gasteiger partial charge >= 0.3 is 0 Å². The highest BCUT2D eigenvalue weighted by Gasteiger charge is 2.33. The highest BCUT2D eigenvalue weighted by atomic mass is 32.1. The first kappa shape index (κ1) is 22.3. The Morgan fingerprint density at radius 3 is 2.79 bits per heavy atom. The maximum Gasteiger partial charge on any atom is 0.163 e. The largest absolute Gasteiger partial charge is 0.490 e. The number of anilines is 2. The van der Waals surface area contributed by atoms with E-state index in [4.69, 9.17) is 14.2 Å². The van der Waals surface area contributed by atoms with Crippen molar-refractivity contribution in [3.8, 4) is 5.75 Å². The van der Waals surface area contributed by atoms with Gasteiger partial charge < -0.3 is 24.1 Å². The molecule has 1 aliphatic heterocycles. The molecule has 1 saturated heterocycles. The highest BCUT2D eigenvalue weighted by Crippen LogP contribution is 2.41. The van der Waals surface area contributed by atoms with E-state index in [9.17, 15) is 4.57 Å². The van der Waals surface area contributed by atoms with Gasteiger partial charge in [0.1, 0.15) is 25.6 Å². The molecule has 4 aromatic rings. The number of thiazole rings is 1. The molecule has 33 heavy (non-hydrogen) atoms. The Morgan fingerprint density at radius 2 is 2.03 bits per heavy atom. The minimum atomic E-state index is -2.63. The summed E-state index contributed by atoms with van der Waals surface area (Å²) in [6, 6.07) is 11.8. The fourth-order valence-corrected chi connectivity index (χ4v) is 5.69. The molecule has 2 aromatic carbocycles. The van der Waals surface area contributed by atoms with Crippen LogP contribution in [-0.4, -0.2) is 48.4 Å². The van der Waals surface area contributed by atoms with Crippen molar-refractivity contribution in [2.45, 2.75) is 25.7 Å². The van der Waals surface area contributed by atoms with Crippen LogP contribution in [0.5, 0.6) is 5.75 Å². The first-order valence-corrected chi connectivity index (χ1v) is 14.2. The first-order valence-electron chi connectivity index (χ1n) is 10.7. The third kappa shape index (κ3) is 4.75. The van der Waals surface area contributed by atoms with E-state index in [-0.39, 0.29) is 6.10 Å². The van der Waals surface area contributed by atoms with Gasteiger partial charge in [-0.2, -0.15) is 0 Å². The number of benzene rings is 2. The normalized spacial score (nSPS) is 18.1. The van der Waals surface area contributed by atoms with Crippen molar-refractivity contribution in [1.29, 1.82) is 0 Å². The minimum Gasteiger partial charge on any atom is -0.490 e. The molecule has 9 heteroatoms. The monoisotopic (exact) mass is 483 g/mol. The second kappa shape index (κ2) is 8.37. The van der Waals surface area contributed by atoms with Crippen LogP contribution >= 0.6 is 18.5 Å². The lowest BCUT2D eigenvalue weighted by Gasteiger charge is -2.20. The zero-order valence-electron chi connectivity index (χ0n) is 19.0. The number of aromatic nitrogens is 2. The molecule has 5 rings (SSSR count). The molecule has 172 valence electrons. The molecule has 0 bridgehead atoms. The molecule has 2 aromatic heterocycles. The third-order valence-corrected chi connectivity index (χ3v) is 7.82. The SMILES string of the molecule is CC1(C)OC[C@@H](COc2cc3nccc(Nc4ccc5scnc5c4)c3cc2P(C)(C)=O)O1. The van der Waals surface area contributed by atoms with Crippen LogP contribution in [-0.2, 0) is 14.0 Å². The predicted molar refractivity (Wildman–Crippen MR) is 134 cm³/mol. The van der Waals surface area contributed by atoms with E-state index in [0.29, 0.717) is 24.3 Å². The van der Waals surface area contributed by atoms with E-state index in [0.717, 1.165) is 32.5 Å². The van der Waals surface area contributed by atoms with Gasteiger partial charge in [-0.1, -0.05) is 0 Å². The van der Waals surface area contributed by atoms with Gasteiger partial charge in [-0.3, -0.25) is 4.98 Å². The predicted octanol–water partition coefficient (Wildman–Crippen LogP) is 5.37. The van der Waals surface area contributed by atoms with Crippen LogP contribution in [0.4, 0.5) is 11.4 Å². The lowest BCUT2D eigenvalue weighted by molar-refractivity contribution is -0.141. The van der Waals surface area contributed by atoms with E-state index >= 15 is 0 Å². The number of hydrogen-bond donors (Lipinski definition) is 1. The van der Waals surface area contributed by atoms with Crippen LogP contribution in [0.1, 0.15) is 13.8 Å². The van der Waals surface area contributed by atoms with Crippen LogP contribution in [0.15, 0.2) is 48.1 Å². The summed E-state index contributed by atoms with van der Waals surface area (Å²) < 4.78 is 31.9. The summed E-state index contributed by atoms with van der Waals surface area (Å²) in [4.78, 5) is 8.93. The topological polar surface area (TPSA) is 82.6 Å². The average Bonchev–Trinajstić information content (AvgIpc) is 3.36. The highest BCUT2D eigenvalue weighted by molar-refractivity contribution is 7.70. The number of nitrogens with zero attached hydrogens (tertiary/aromatic N) is 2. The van der Waals surface area contributed by atoms with Gasteiger partial charge in [-0.05, 0) is 57.5 Å². The van der Waals surface area contributed by atoms with Crippen molar-refractivity contribution in [3.05, 3.63) is 48.1 Å². The summed E-state index contributed by atoms with van der Waals surface area (Å²) in [6.45, 7) is 8.03. The number of ether oxygens (including phenoxy) is 3. The summed E-state index contributed by atoms with van der Waals surface area (Å²) in [7, 11) is -2.63. The average molecular weight is 484 g/mol. The Bertz CT molecular complexity index is 1380. The molecular weight excluding hydrogens is 457 g/mol. The minimum absolute atomic E-state index is 0.182. The van der Waals surface area contributed by atoms with E-state index in [1.807, 2.05) is 49.7 Å². The smallest absolute Gasteiger partial charge is 0.163 e. The Kier molecular flexibility index (Phi) is 5.65. The summed E-state index contributed by atoms with van der Waals surface area (Å²) >= 11 is 1.61. The van der Waals surface area contributed by atoms with Crippen molar-refractivity contribution in [2.75, 3.05) is 31.9 Å². The number of nitrogens with one attached hydrogen (secondary N) is 1. The Balaban J connectivity index is 1.48. The molecule has 1 aliphatic rings. The van der Waals surface area contributed by atoms with Crippen molar-refractivity contribution >= 4 is 56.3 Å². The Morgan fingerprint density at radius 1 is 1.18 bits per heavy atom. The third-order valence-electron chi connectivity index (χ3n) is 5.50. The van der Waals surface area contributed by atoms with Gasteiger partial charge in [0, 0.05) is 29.0 Å². The standard InChI is InChI=1S/C24H26N3O4PS/c1-24(2)30-13-16(31-24)12-29-21-11-19-17(10-22(21)32(3,4)28)18(7-8-25-19)27-15-5-6-23-20(9-15)26-14-33-23/h5-11,14,16H,12-13H2,1-4H3,(H,25,27)/t16-/m1/s1. The summed E-state index contributed by atoms with van der Waals surface area (Å²) in [5, 5.41) is 5.03. The molecule has 3 heterocycles. The molecule has 1 N–H and O–H groups in total. The zero-order valence-corrected chi connectivity index (χ0v) is 20.7. The molecule has 0 unspecified atom stereocenters. The van der Waals surface area contributed by atoms with Crippen molar-refractivity contribution in [3.63, 3.8) is 0 Å². The van der Waals surface area contributed by atoms with Crippen LogP contribution < -0.4 is 15.4 Å². The molecule has 1 fully saturated rings. The van der Waals surface area contributed by atoms with E-state index in [2.05, 4.69) is 21.4 Å². The lowest BCUT2D eigenvalue weighted by atomic mass is 10.1. The molecule has 0 saturated carbocycles. The Hall–Kier alpha value is -2.51. The molecule has 1 atom stereocenters. The second-order valence-corrected chi connectivity index (χ2v) is 13.0. The van der Waals surface area contributed by atoms with E-state index in [1.165, 1.54) is 0 Å². The van der Waals surface area contributed by atoms with Crippen LogP contribution in [0, 0.1) is 0 Å². The number of rotatable bonds is 6. The fraction of sp³-hybridized carbons (Fsp3) is 0.333. The van der Waals surface area contributed by atoms with Gasteiger partial charge in [0.15, 0.2) is 5.79 Å². The lowest BCUT2D eigenvalue weighted by Crippen LogP contribution is -2.26. The Labute approximate surface area is 196 Å². The maximum atomic E-state index is 13.2. The quantitative estimate of drug-likeness (QED) is 0.369. The van der Waals surface area contributed by atoms with Crippen molar-refractivity contribution in [2.24, 2.45) is 0 Å². The molecular formula is C24H26N3O4PS. The summed E-state index contributed by atoms with van der Waals surface area (Å²) in [6.07, 6.45) is 1.57. The molecule has 0 radical (unpaired) electrons. The summed E-state index contributed by atoms with van der Waals surface area (Å²) in [5.74, 6) is -0.0490. The summed E-state index contributed by atoms with van der Waals surface area (Å²) in [5.41, 5.74) is 5.36.